The minimum absolute atomic E-state index is 0.122. The van der Waals surface area contributed by atoms with Crippen LogP contribution in [-0.2, 0) is 15.8 Å². The van der Waals surface area contributed by atoms with Crippen LogP contribution in [0.2, 0.25) is 0 Å². The van der Waals surface area contributed by atoms with Crippen LogP contribution in [0.5, 0.6) is 0 Å². The van der Waals surface area contributed by atoms with Gasteiger partial charge in [0.25, 0.3) is 0 Å². The number of alkyl halides is 3. The van der Waals surface area contributed by atoms with Crippen molar-refractivity contribution in [3.05, 3.63) is 54.1 Å². The molecule has 136 valence electrons. The van der Waals surface area contributed by atoms with Crippen LogP contribution in [0.15, 0.2) is 53.4 Å². The van der Waals surface area contributed by atoms with Crippen LogP contribution in [0, 0.1) is 0 Å². The number of anilines is 2. The number of fused-ring (bicyclic) bond motifs is 1. The number of nitrogens with one attached hydrogen (secondary N) is 1. The molecule has 0 aliphatic carbocycles. The van der Waals surface area contributed by atoms with Gasteiger partial charge in [0.2, 0.25) is 11.8 Å². The number of thioether (sulfide) groups is 1. The average molecular weight is 380 g/mol. The van der Waals surface area contributed by atoms with Gasteiger partial charge < -0.3 is 5.32 Å². The lowest BCUT2D eigenvalue weighted by atomic mass is 10.2. The minimum atomic E-state index is -4.44. The zero-order chi connectivity index (χ0) is 18.9. The van der Waals surface area contributed by atoms with Gasteiger partial charge in [-0.2, -0.15) is 13.2 Å². The van der Waals surface area contributed by atoms with Crippen molar-refractivity contribution in [2.75, 3.05) is 16.8 Å². The molecule has 3 rings (SSSR count). The van der Waals surface area contributed by atoms with Gasteiger partial charge in [0.15, 0.2) is 0 Å². The summed E-state index contributed by atoms with van der Waals surface area (Å²) in [4.78, 5) is 26.3. The summed E-state index contributed by atoms with van der Waals surface area (Å²) in [6.45, 7) is 1.49. The monoisotopic (exact) mass is 380 g/mol. The normalized spacial score (nSPS) is 15.2. The molecule has 0 fully saturated rings. The molecule has 0 radical (unpaired) electrons. The number of halogens is 3. The summed E-state index contributed by atoms with van der Waals surface area (Å²) < 4.78 is 38.5. The SMILES string of the molecule is C[C@@H](Sc1cccc(C(F)(F)F)c1)C(=O)N1CC(=O)Nc2ccccc21. The largest absolute Gasteiger partial charge is 0.416 e. The summed E-state index contributed by atoms with van der Waals surface area (Å²) in [7, 11) is 0. The van der Waals surface area contributed by atoms with Crippen molar-refractivity contribution in [3.8, 4) is 0 Å². The van der Waals surface area contributed by atoms with Gasteiger partial charge in [0.05, 0.1) is 22.2 Å². The van der Waals surface area contributed by atoms with Crippen LogP contribution >= 0.6 is 11.8 Å². The molecule has 0 bridgehead atoms. The Kier molecular flexibility index (Phi) is 4.95. The maximum Gasteiger partial charge on any atom is 0.416 e. The fourth-order valence-corrected chi connectivity index (χ4v) is 3.64. The van der Waals surface area contributed by atoms with Crippen molar-refractivity contribution in [2.24, 2.45) is 0 Å². The smallest absolute Gasteiger partial charge is 0.323 e. The number of para-hydroxylation sites is 2. The van der Waals surface area contributed by atoms with E-state index in [9.17, 15) is 22.8 Å². The number of carbonyl (C=O) groups excluding carboxylic acids is 2. The van der Waals surface area contributed by atoms with Crippen molar-refractivity contribution in [1.29, 1.82) is 0 Å². The van der Waals surface area contributed by atoms with Gasteiger partial charge in [0, 0.05) is 4.90 Å². The number of rotatable bonds is 3. The molecule has 4 nitrogen and oxygen atoms in total. The second kappa shape index (κ2) is 7.03. The van der Waals surface area contributed by atoms with Crippen LogP contribution in [0.1, 0.15) is 12.5 Å². The minimum Gasteiger partial charge on any atom is -0.323 e. The average Bonchev–Trinajstić information content (AvgIpc) is 2.59. The Hall–Kier alpha value is -2.48. The van der Waals surface area contributed by atoms with Gasteiger partial charge >= 0.3 is 6.18 Å². The van der Waals surface area contributed by atoms with E-state index >= 15 is 0 Å². The van der Waals surface area contributed by atoms with Gasteiger partial charge in [-0.3, -0.25) is 14.5 Å². The standard InChI is InChI=1S/C18H15F3N2O2S/c1-11(26-13-6-4-5-12(9-13)18(19,20)21)17(25)23-10-16(24)22-14-7-2-3-8-15(14)23/h2-9,11H,10H2,1H3,(H,22,24)/t11-/m1/s1. The van der Waals surface area contributed by atoms with E-state index in [1.165, 1.54) is 17.0 Å². The molecule has 1 N–H and O–H groups in total. The highest BCUT2D eigenvalue weighted by Crippen LogP contribution is 2.35. The predicted octanol–water partition coefficient (Wildman–Crippen LogP) is 4.17. The Balaban J connectivity index is 1.80. The Bertz CT molecular complexity index is 854. The molecule has 0 spiro atoms. The molecule has 1 atom stereocenters. The molecule has 1 aliphatic heterocycles. The molecule has 0 saturated heterocycles. The molecule has 2 aromatic rings. The summed E-state index contributed by atoms with van der Waals surface area (Å²) in [6.07, 6.45) is -4.44. The van der Waals surface area contributed by atoms with E-state index in [0.29, 0.717) is 16.3 Å². The van der Waals surface area contributed by atoms with Gasteiger partial charge in [-0.05, 0) is 37.3 Å². The van der Waals surface area contributed by atoms with Gasteiger partial charge in [0.1, 0.15) is 6.54 Å². The maximum absolute atomic E-state index is 12.8. The van der Waals surface area contributed by atoms with Crippen LogP contribution in [0.25, 0.3) is 0 Å². The Morgan fingerprint density at radius 2 is 1.92 bits per heavy atom. The summed E-state index contributed by atoms with van der Waals surface area (Å²) in [5.41, 5.74) is 0.354. The van der Waals surface area contributed by atoms with Crippen molar-refractivity contribution >= 4 is 35.0 Å². The Labute approximate surface area is 152 Å². The lowest BCUT2D eigenvalue weighted by Gasteiger charge is -2.30. The molecule has 8 heteroatoms. The van der Waals surface area contributed by atoms with E-state index in [-0.39, 0.29) is 18.4 Å². The molecule has 0 saturated carbocycles. The zero-order valence-electron chi connectivity index (χ0n) is 13.7. The molecule has 2 aromatic carbocycles. The number of carbonyl (C=O) groups is 2. The highest BCUT2D eigenvalue weighted by molar-refractivity contribution is 8.00. The predicted molar refractivity (Wildman–Crippen MR) is 94.2 cm³/mol. The molecule has 26 heavy (non-hydrogen) atoms. The first-order valence-corrected chi connectivity index (χ1v) is 8.68. The first-order valence-electron chi connectivity index (χ1n) is 7.80. The number of benzene rings is 2. The van der Waals surface area contributed by atoms with Crippen molar-refractivity contribution < 1.29 is 22.8 Å². The summed E-state index contributed by atoms with van der Waals surface area (Å²) in [6, 6.07) is 11.8. The highest BCUT2D eigenvalue weighted by Gasteiger charge is 2.32. The Morgan fingerprint density at radius 1 is 1.19 bits per heavy atom. The van der Waals surface area contributed by atoms with E-state index in [0.717, 1.165) is 23.9 Å². The van der Waals surface area contributed by atoms with E-state index in [1.54, 1.807) is 31.2 Å². The first-order chi connectivity index (χ1) is 12.3. The molecular weight excluding hydrogens is 365 g/mol. The maximum atomic E-state index is 12.8. The fraction of sp³-hybridized carbons (Fsp3) is 0.222. The number of nitrogens with zero attached hydrogens (tertiary/aromatic N) is 1. The second-order valence-corrected chi connectivity index (χ2v) is 7.19. The van der Waals surface area contributed by atoms with Crippen LogP contribution in [0.3, 0.4) is 0 Å². The molecule has 0 unspecified atom stereocenters. The number of amides is 2. The lowest BCUT2D eigenvalue weighted by molar-refractivity contribution is -0.137. The molecule has 2 amide bonds. The number of hydrogen-bond acceptors (Lipinski definition) is 3. The fourth-order valence-electron chi connectivity index (χ4n) is 2.65. The van der Waals surface area contributed by atoms with Crippen molar-refractivity contribution in [2.45, 2.75) is 23.2 Å². The third-order valence-corrected chi connectivity index (χ3v) is 4.94. The van der Waals surface area contributed by atoms with Gasteiger partial charge in [-0.25, -0.2) is 0 Å². The van der Waals surface area contributed by atoms with E-state index < -0.39 is 17.0 Å². The molecule has 1 aliphatic rings. The van der Waals surface area contributed by atoms with Crippen molar-refractivity contribution in [3.63, 3.8) is 0 Å². The molecule has 1 heterocycles. The third-order valence-electron chi connectivity index (χ3n) is 3.86. The van der Waals surface area contributed by atoms with E-state index in [1.807, 2.05) is 0 Å². The van der Waals surface area contributed by atoms with Crippen LogP contribution in [-0.4, -0.2) is 23.6 Å². The third kappa shape index (κ3) is 3.85. The Morgan fingerprint density at radius 3 is 2.65 bits per heavy atom. The lowest BCUT2D eigenvalue weighted by Crippen LogP contribution is -2.45. The quantitative estimate of drug-likeness (QED) is 0.813. The van der Waals surface area contributed by atoms with Crippen molar-refractivity contribution in [1.82, 2.24) is 0 Å². The summed E-state index contributed by atoms with van der Waals surface area (Å²) in [5, 5.41) is 2.04. The topological polar surface area (TPSA) is 49.4 Å². The van der Waals surface area contributed by atoms with E-state index in [4.69, 9.17) is 0 Å². The second-order valence-electron chi connectivity index (χ2n) is 5.78. The van der Waals surface area contributed by atoms with E-state index in [2.05, 4.69) is 5.32 Å². The van der Waals surface area contributed by atoms with Crippen LogP contribution in [0.4, 0.5) is 24.5 Å². The highest BCUT2D eigenvalue weighted by atomic mass is 32.2. The van der Waals surface area contributed by atoms with Gasteiger partial charge in [-0.15, -0.1) is 11.8 Å². The summed E-state index contributed by atoms with van der Waals surface area (Å²) >= 11 is 1.03. The molecule has 0 aromatic heterocycles. The molecular formula is C18H15F3N2O2S. The zero-order valence-corrected chi connectivity index (χ0v) is 14.5. The van der Waals surface area contributed by atoms with Crippen LogP contribution < -0.4 is 10.2 Å². The summed E-state index contributed by atoms with van der Waals surface area (Å²) in [5.74, 6) is -0.650. The number of hydrogen-bond donors (Lipinski definition) is 1. The van der Waals surface area contributed by atoms with Gasteiger partial charge in [-0.1, -0.05) is 18.2 Å². The first kappa shape index (κ1) is 18.3.